The fourth-order valence-electron chi connectivity index (χ4n) is 4.15. The van der Waals surface area contributed by atoms with E-state index in [2.05, 4.69) is 48.5 Å². The molecule has 0 saturated carbocycles. The van der Waals surface area contributed by atoms with Crippen LogP contribution in [0.1, 0.15) is 54.7 Å². The number of aromatic hydroxyl groups is 1. The van der Waals surface area contributed by atoms with Gasteiger partial charge in [-0.1, -0.05) is 43.6 Å². The summed E-state index contributed by atoms with van der Waals surface area (Å²) < 4.78 is 12.4. The molecule has 0 bridgehead atoms. The van der Waals surface area contributed by atoms with Crippen LogP contribution in [0, 0.1) is 18.8 Å². The Bertz CT molecular complexity index is 1030. The van der Waals surface area contributed by atoms with Crippen LogP contribution >= 0.6 is 15.9 Å². The van der Waals surface area contributed by atoms with Gasteiger partial charge in [-0.3, -0.25) is 9.69 Å². The first-order chi connectivity index (χ1) is 15.1. The van der Waals surface area contributed by atoms with Crippen LogP contribution in [-0.2, 0) is 6.54 Å². The molecule has 0 unspecified atom stereocenters. The van der Waals surface area contributed by atoms with Gasteiger partial charge in [-0.15, -0.1) is 0 Å². The van der Waals surface area contributed by atoms with Gasteiger partial charge < -0.3 is 14.6 Å². The highest BCUT2D eigenvalue weighted by molar-refractivity contribution is 9.10. The Morgan fingerprint density at radius 2 is 1.81 bits per heavy atom. The van der Waals surface area contributed by atoms with Crippen molar-refractivity contribution in [3.05, 3.63) is 56.8 Å². The molecule has 172 valence electrons. The number of allylic oxidation sites excluding steroid dienone is 1. The molecule has 1 heterocycles. The van der Waals surface area contributed by atoms with E-state index < -0.39 is 0 Å². The summed E-state index contributed by atoms with van der Waals surface area (Å²) in [5.41, 5.74) is 2.62. The smallest absolute Gasteiger partial charge is 0.232 e. The van der Waals surface area contributed by atoms with Crippen LogP contribution in [0.25, 0.3) is 6.08 Å². The third kappa shape index (κ3) is 5.36. The minimum Gasteiger partial charge on any atom is -0.507 e. The number of aryl methyl sites for hydroxylation is 1. The summed E-state index contributed by atoms with van der Waals surface area (Å²) >= 11 is 3.47. The maximum atomic E-state index is 13.3. The Hall–Kier alpha value is -2.31. The van der Waals surface area contributed by atoms with Crippen LogP contribution in [0.5, 0.6) is 17.2 Å². The molecule has 2 aromatic carbocycles. The standard InChI is InChI=1S/C26H32BrNO4/c1-15(2)12-28(13-16(3)4)14-20-21(29)9-17(5)24-25(30)23(32-26(20)24)11-18-10-19(27)7-8-22(18)31-6/h7-11,15-16,29H,12-14H2,1-6H3/b23-11+. The van der Waals surface area contributed by atoms with Gasteiger partial charge in [0.15, 0.2) is 5.76 Å². The highest BCUT2D eigenvalue weighted by Crippen LogP contribution is 2.43. The fourth-order valence-corrected chi connectivity index (χ4v) is 4.53. The van der Waals surface area contributed by atoms with E-state index in [-0.39, 0.29) is 17.3 Å². The van der Waals surface area contributed by atoms with Crippen LogP contribution in [-0.4, -0.2) is 36.0 Å². The van der Waals surface area contributed by atoms with Crippen LogP contribution < -0.4 is 9.47 Å². The molecule has 1 aliphatic heterocycles. The number of rotatable bonds is 8. The molecular formula is C26H32BrNO4. The summed E-state index contributed by atoms with van der Waals surface area (Å²) in [7, 11) is 1.59. The lowest BCUT2D eigenvalue weighted by molar-refractivity contribution is 0.101. The number of phenols is 1. The summed E-state index contributed by atoms with van der Waals surface area (Å²) in [6, 6.07) is 7.26. The lowest BCUT2D eigenvalue weighted by atomic mass is 9.98. The molecule has 0 saturated heterocycles. The number of Topliss-reactive ketones (excluding diaryl/α,β-unsaturated/α-hetero) is 1. The molecule has 6 heteroatoms. The second-order valence-corrected chi connectivity index (χ2v) is 10.1. The van der Waals surface area contributed by atoms with Gasteiger partial charge in [0, 0.05) is 29.7 Å². The molecule has 2 aromatic rings. The van der Waals surface area contributed by atoms with Crippen LogP contribution in [0.2, 0.25) is 0 Å². The maximum absolute atomic E-state index is 13.3. The van der Waals surface area contributed by atoms with Gasteiger partial charge in [-0.25, -0.2) is 0 Å². The van der Waals surface area contributed by atoms with E-state index >= 15 is 0 Å². The van der Waals surface area contributed by atoms with E-state index in [1.54, 1.807) is 19.3 Å². The molecule has 1 aliphatic rings. The maximum Gasteiger partial charge on any atom is 0.232 e. The Labute approximate surface area is 199 Å². The Morgan fingerprint density at radius 3 is 2.41 bits per heavy atom. The highest BCUT2D eigenvalue weighted by atomic mass is 79.9. The van der Waals surface area contributed by atoms with E-state index in [9.17, 15) is 9.90 Å². The zero-order chi connectivity index (χ0) is 23.6. The number of nitrogens with zero attached hydrogens (tertiary/aromatic N) is 1. The van der Waals surface area contributed by atoms with E-state index in [4.69, 9.17) is 9.47 Å². The number of fused-ring (bicyclic) bond motifs is 1. The quantitative estimate of drug-likeness (QED) is 0.436. The second-order valence-electron chi connectivity index (χ2n) is 9.20. The molecule has 5 nitrogen and oxygen atoms in total. The van der Waals surface area contributed by atoms with E-state index in [0.717, 1.165) is 23.1 Å². The summed E-state index contributed by atoms with van der Waals surface area (Å²) in [6.45, 7) is 12.9. The largest absolute Gasteiger partial charge is 0.507 e. The number of carbonyl (C=O) groups is 1. The molecule has 3 rings (SSSR count). The van der Waals surface area contributed by atoms with Crippen molar-refractivity contribution in [3.8, 4) is 17.2 Å². The topological polar surface area (TPSA) is 59.0 Å². The van der Waals surface area contributed by atoms with Crippen LogP contribution in [0.3, 0.4) is 0 Å². The van der Waals surface area contributed by atoms with Crippen molar-refractivity contribution in [1.82, 2.24) is 4.90 Å². The number of methoxy groups -OCH3 is 1. The van der Waals surface area contributed by atoms with Crippen molar-refractivity contribution >= 4 is 27.8 Å². The number of hydrogen-bond donors (Lipinski definition) is 1. The lowest BCUT2D eigenvalue weighted by Gasteiger charge is -2.27. The predicted octanol–water partition coefficient (Wildman–Crippen LogP) is 6.20. The predicted molar refractivity (Wildman–Crippen MR) is 131 cm³/mol. The number of benzene rings is 2. The number of ether oxygens (including phenoxy) is 2. The molecule has 32 heavy (non-hydrogen) atoms. The molecule has 0 aromatic heterocycles. The highest BCUT2D eigenvalue weighted by Gasteiger charge is 2.34. The number of ketones is 1. The summed E-state index contributed by atoms with van der Waals surface area (Å²) in [4.78, 5) is 15.6. The SMILES string of the molecule is COc1ccc(Br)cc1/C=C1/Oc2c(CN(CC(C)C)CC(C)C)c(O)cc(C)c2C1=O. The van der Waals surface area contributed by atoms with Crippen LogP contribution in [0.4, 0.5) is 0 Å². The molecular weight excluding hydrogens is 470 g/mol. The van der Waals surface area contributed by atoms with Crippen molar-refractivity contribution in [1.29, 1.82) is 0 Å². The number of phenolic OH excluding ortho intramolecular Hbond substituents is 1. The second kappa shape index (κ2) is 10.1. The molecule has 0 radical (unpaired) electrons. The van der Waals surface area contributed by atoms with Gasteiger partial charge in [-0.2, -0.15) is 0 Å². The molecule has 0 atom stereocenters. The first-order valence-electron chi connectivity index (χ1n) is 11.0. The minimum atomic E-state index is -0.181. The summed E-state index contributed by atoms with van der Waals surface area (Å²) in [5.74, 6) is 2.28. The van der Waals surface area contributed by atoms with E-state index in [1.165, 1.54) is 0 Å². The van der Waals surface area contributed by atoms with Gasteiger partial charge in [0.2, 0.25) is 5.78 Å². The lowest BCUT2D eigenvalue weighted by Crippen LogP contribution is -2.31. The van der Waals surface area contributed by atoms with Crippen molar-refractivity contribution in [2.75, 3.05) is 20.2 Å². The zero-order valence-electron chi connectivity index (χ0n) is 19.7. The van der Waals surface area contributed by atoms with Crippen molar-refractivity contribution < 1.29 is 19.4 Å². The van der Waals surface area contributed by atoms with Crippen molar-refractivity contribution in [2.24, 2.45) is 11.8 Å². The number of carbonyl (C=O) groups excluding carboxylic acids is 1. The average Bonchev–Trinajstić information content (AvgIpc) is 3.01. The third-order valence-electron chi connectivity index (χ3n) is 5.33. The minimum absolute atomic E-state index is 0.160. The average molecular weight is 502 g/mol. The third-order valence-corrected chi connectivity index (χ3v) is 5.82. The van der Waals surface area contributed by atoms with Crippen LogP contribution in [0.15, 0.2) is 34.5 Å². The number of halogens is 1. The Morgan fingerprint density at radius 1 is 1.16 bits per heavy atom. The van der Waals surface area contributed by atoms with Crippen molar-refractivity contribution in [2.45, 2.75) is 41.2 Å². The molecule has 1 N–H and O–H groups in total. The first kappa shape index (κ1) is 24.3. The fraction of sp³-hybridized carbons (Fsp3) is 0.423. The van der Waals surface area contributed by atoms with Gasteiger partial charge in [0.1, 0.15) is 17.2 Å². The first-order valence-corrected chi connectivity index (χ1v) is 11.8. The Kier molecular flexibility index (Phi) is 7.67. The Balaban J connectivity index is 2.03. The molecule has 0 fully saturated rings. The molecule has 0 amide bonds. The number of hydrogen-bond acceptors (Lipinski definition) is 5. The van der Waals surface area contributed by atoms with Crippen molar-refractivity contribution in [3.63, 3.8) is 0 Å². The normalized spacial score (nSPS) is 14.6. The summed E-state index contributed by atoms with van der Waals surface area (Å²) in [6.07, 6.45) is 1.70. The van der Waals surface area contributed by atoms with E-state index in [1.807, 2.05) is 25.1 Å². The molecule has 0 aliphatic carbocycles. The van der Waals surface area contributed by atoms with Gasteiger partial charge in [0.05, 0.1) is 18.2 Å². The molecule has 0 spiro atoms. The van der Waals surface area contributed by atoms with Gasteiger partial charge in [-0.05, 0) is 54.7 Å². The van der Waals surface area contributed by atoms with Gasteiger partial charge in [0.25, 0.3) is 0 Å². The monoisotopic (exact) mass is 501 g/mol. The zero-order valence-corrected chi connectivity index (χ0v) is 21.2. The summed E-state index contributed by atoms with van der Waals surface area (Å²) in [5, 5.41) is 10.8. The van der Waals surface area contributed by atoms with E-state index in [0.29, 0.717) is 46.6 Å². The van der Waals surface area contributed by atoms with Gasteiger partial charge >= 0.3 is 0 Å².